The number of nitrogens with one attached hydrogen (secondary N) is 2. The van der Waals surface area contributed by atoms with E-state index in [-0.39, 0.29) is 135 Å². The lowest BCUT2D eigenvalue weighted by Crippen LogP contribution is -2.32. The fraction of sp³-hybridized carbons (Fsp3) is 0.242. The van der Waals surface area contributed by atoms with Crippen LogP contribution in [0.25, 0.3) is 0 Å². The van der Waals surface area contributed by atoms with E-state index in [1.165, 1.54) is 122 Å². The third kappa shape index (κ3) is 21.1. The van der Waals surface area contributed by atoms with Gasteiger partial charge in [-0.15, -0.1) is 0 Å². The molecule has 3 aliphatic heterocycles. The molecule has 28 nitrogen and oxygen atoms in total. The smallest absolute Gasteiger partial charge is 0.337 e. The Hall–Kier alpha value is -7.75. The van der Waals surface area contributed by atoms with Crippen molar-refractivity contribution in [3.63, 3.8) is 0 Å². The number of halogens is 3. The summed E-state index contributed by atoms with van der Waals surface area (Å²) in [6.07, 6.45) is 0. The van der Waals surface area contributed by atoms with Gasteiger partial charge < -0.3 is 43.4 Å². The van der Waals surface area contributed by atoms with Crippen LogP contribution < -0.4 is 23.7 Å². The average Bonchev–Trinajstić information content (AvgIpc) is 1.57. The van der Waals surface area contributed by atoms with E-state index in [1.54, 1.807) is 0 Å². The summed E-state index contributed by atoms with van der Waals surface area (Å²) in [5.74, 6) is -2.25. The number of carbonyl (C=O) groups is 5. The second-order valence-corrected chi connectivity index (χ2v) is 31.5. The highest BCUT2D eigenvalue weighted by molar-refractivity contribution is 9.10. The van der Waals surface area contributed by atoms with E-state index in [2.05, 4.69) is 60.3 Å². The largest absolute Gasteiger partial charge is 0.491 e. The third-order valence-corrected chi connectivity index (χ3v) is 23.6. The molecule has 0 saturated carbocycles. The van der Waals surface area contributed by atoms with Crippen LogP contribution in [0, 0.1) is 0 Å². The molecule has 98 heavy (non-hydrogen) atoms. The highest BCUT2D eigenvalue weighted by Gasteiger charge is 2.34. The molecule has 0 amide bonds. The number of esters is 4. The fourth-order valence-corrected chi connectivity index (χ4v) is 17.2. The first kappa shape index (κ1) is 79.2. The summed E-state index contributed by atoms with van der Waals surface area (Å²) in [5.41, 5.74) is 2.49. The van der Waals surface area contributed by atoms with E-state index in [0.29, 0.717) is 8.95 Å². The van der Waals surface area contributed by atoms with Crippen LogP contribution in [0.2, 0.25) is 0 Å². The molecule has 0 saturated heterocycles. The number of aliphatic hydroxyl groups is 2. The number of Topliss-reactive ketones (excluding diaryl/α,β-unsaturated/α-hetero) is 1. The van der Waals surface area contributed by atoms with Crippen molar-refractivity contribution < 1.29 is 109 Å². The van der Waals surface area contributed by atoms with Gasteiger partial charge in [-0.3, -0.25) is 4.79 Å². The van der Waals surface area contributed by atoms with E-state index in [4.69, 9.17) is 35.1 Å². The predicted octanol–water partition coefficient (Wildman–Crippen LogP) is 6.31. The van der Waals surface area contributed by atoms with Crippen molar-refractivity contribution >= 4 is 121 Å². The van der Waals surface area contributed by atoms with Crippen LogP contribution in [0.3, 0.4) is 0 Å². The van der Waals surface area contributed by atoms with Crippen molar-refractivity contribution in [2.75, 3.05) is 87.7 Å². The number of fused-ring (bicyclic) bond motifs is 3. The lowest BCUT2D eigenvalue weighted by Gasteiger charge is -2.19. The van der Waals surface area contributed by atoms with E-state index in [0.717, 1.165) is 17.2 Å². The van der Waals surface area contributed by atoms with E-state index >= 15 is 0 Å². The van der Waals surface area contributed by atoms with E-state index < -0.39 is 85.4 Å². The second kappa shape index (κ2) is 35.8. The number of nitrogens with zero attached hydrogens (tertiary/aromatic N) is 2. The first-order valence-corrected chi connectivity index (χ1v) is 38.1. The van der Waals surface area contributed by atoms with Crippen molar-refractivity contribution in [2.24, 2.45) is 0 Å². The Morgan fingerprint density at radius 2 is 0.888 bits per heavy atom. The van der Waals surface area contributed by atoms with Crippen LogP contribution >= 0.6 is 42.5 Å². The van der Waals surface area contributed by atoms with Crippen LogP contribution in [0.4, 0.5) is 0 Å². The van der Waals surface area contributed by atoms with E-state index in [1.807, 2.05) is 60.7 Å². The van der Waals surface area contributed by atoms with Crippen LogP contribution in [0.15, 0.2) is 185 Å². The molecule has 0 aliphatic carbocycles. The summed E-state index contributed by atoms with van der Waals surface area (Å²) in [6.45, 7) is 0.767. The monoisotopic (exact) mass is 1600 g/mol. The van der Waals surface area contributed by atoms with Crippen LogP contribution in [-0.2, 0) is 81.2 Å². The Balaban J connectivity index is 0.000000196. The maximum Gasteiger partial charge on any atom is 0.337 e. The van der Waals surface area contributed by atoms with Gasteiger partial charge in [0.05, 0.1) is 67.1 Å². The van der Waals surface area contributed by atoms with Gasteiger partial charge in [0.2, 0.25) is 40.1 Å². The number of benzene rings is 7. The SMILES string of the molecule is COC(=O)c1ccc(Br)c(S(=O)(=O)Cl)c1.COC(=O)c1ccc(Br)c(S(=O)(=O)NCCO)c1.COC(=O)c1ccc2c(c1)S(=O)(=O)N(Cc1ccccc1)CCO2.COC(=O)c1ccc2c(c1)S(=O)(=O)NCCO2.O=C(CO)c1ccc2c(c1)S(=O)(=O)N(Cc1ccccc1)CCO2. The molecule has 526 valence electrons. The molecule has 0 atom stereocenters. The summed E-state index contributed by atoms with van der Waals surface area (Å²) in [6, 6.07) is 39.3. The molecule has 10 rings (SSSR count). The summed E-state index contributed by atoms with van der Waals surface area (Å²) >= 11 is 6.12. The Labute approximate surface area is 586 Å². The number of methoxy groups -OCH3 is 4. The Morgan fingerprint density at radius 1 is 0.520 bits per heavy atom. The summed E-state index contributed by atoms with van der Waals surface area (Å²) in [4.78, 5) is 56.8. The lowest BCUT2D eigenvalue weighted by molar-refractivity contribution is 0.0591. The van der Waals surface area contributed by atoms with Crippen LogP contribution in [0.1, 0.15) is 62.9 Å². The first-order valence-electron chi connectivity index (χ1n) is 28.4. The second-order valence-electron chi connectivity index (χ2n) is 20.0. The summed E-state index contributed by atoms with van der Waals surface area (Å²) in [7, 11) is -8.80. The van der Waals surface area contributed by atoms with Crippen LogP contribution in [0.5, 0.6) is 17.2 Å². The van der Waals surface area contributed by atoms with Gasteiger partial charge in [-0.25, -0.2) is 70.7 Å². The Morgan fingerprint density at radius 3 is 1.31 bits per heavy atom. The molecule has 0 unspecified atom stereocenters. The van der Waals surface area contributed by atoms with Crippen LogP contribution in [-0.4, -0.2) is 178 Å². The molecular formula is C62H63Br2ClN4O24S5. The maximum atomic E-state index is 13.0. The molecule has 7 aromatic rings. The van der Waals surface area contributed by atoms with Crippen molar-refractivity contribution in [2.45, 2.75) is 37.6 Å². The van der Waals surface area contributed by atoms with E-state index in [9.17, 15) is 66.1 Å². The summed E-state index contributed by atoms with van der Waals surface area (Å²) < 4.78 is 164. The average molecular weight is 1600 g/mol. The molecule has 3 heterocycles. The number of hydrogen-bond donors (Lipinski definition) is 4. The molecule has 0 aromatic heterocycles. The first-order chi connectivity index (χ1) is 46.4. The molecule has 0 fully saturated rings. The minimum atomic E-state index is -3.88. The molecule has 7 aromatic carbocycles. The lowest BCUT2D eigenvalue weighted by atomic mass is 10.1. The quantitative estimate of drug-likeness (QED) is 0.0378. The van der Waals surface area contributed by atoms with Gasteiger partial charge in [0.25, 0.3) is 9.05 Å². The molecule has 36 heteroatoms. The Bertz CT molecular complexity index is 4490. The Kier molecular flexibility index (Phi) is 29.0. The van der Waals surface area contributed by atoms with Crippen molar-refractivity contribution in [1.82, 2.24) is 18.1 Å². The van der Waals surface area contributed by atoms with Gasteiger partial charge in [-0.2, -0.15) is 8.61 Å². The third-order valence-electron chi connectivity index (χ3n) is 13.6. The zero-order valence-corrected chi connectivity index (χ0v) is 60.2. The van der Waals surface area contributed by atoms with Gasteiger partial charge in [-0.05, 0) is 134 Å². The standard InChI is InChI=1S/2C17H17NO5S.C10H12BrNO5S.C10H11NO5S.C8H6BrClO4S/c1-22-17(19)14-7-8-15-16(11-14)24(20,21)18(9-10-23-15)12-13-5-3-2-4-6-13;19-12-15(20)14-6-7-16-17(10-14)24(21,22)18(8-9-23-16)11-13-4-2-1-3-5-13;1-17-10(14)7-2-3-8(11)9(6-7)18(15,16)12-4-5-13;1-15-10(12)7-2-3-8-9(6-7)17(13,14)11-4-5-16-8;1-14-8(11)5-2-3-6(9)7(4-5)15(10,12)13/h2-8,11H,9-10,12H2,1H3;1-7,10,19H,8-9,11-12H2;2-3,6,12-13H,4-5H2,1H3;2-3,6,11H,4-5H2,1H3;2-4H,1H3. The number of aliphatic hydroxyl groups excluding tert-OH is 2. The highest BCUT2D eigenvalue weighted by atomic mass is 79.9. The summed E-state index contributed by atoms with van der Waals surface area (Å²) in [5, 5.41) is 17.6. The van der Waals surface area contributed by atoms with Gasteiger partial charge in [0.15, 0.2) is 5.78 Å². The molecule has 0 spiro atoms. The highest BCUT2D eigenvalue weighted by Crippen LogP contribution is 2.34. The molecule has 0 bridgehead atoms. The molecule has 3 aliphatic rings. The zero-order valence-electron chi connectivity index (χ0n) is 52.2. The number of sulfonamides is 4. The van der Waals surface area contributed by atoms with Crippen molar-refractivity contribution in [3.8, 4) is 17.2 Å². The van der Waals surface area contributed by atoms with Gasteiger partial charge >= 0.3 is 23.9 Å². The number of hydrogen-bond acceptors (Lipinski definition) is 24. The molecule has 4 N–H and O–H groups in total. The zero-order chi connectivity index (χ0) is 72.2. The topological polar surface area (TPSA) is 392 Å². The normalized spacial score (nSPS) is 14.9. The molecular weight excluding hydrogens is 1540 g/mol. The van der Waals surface area contributed by atoms with Gasteiger partial charge in [0, 0.05) is 64.5 Å². The van der Waals surface area contributed by atoms with Gasteiger partial charge in [0.1, 0.15) is 58.4 Å². The minimum absolute atomic E-state index is 0.0150. The number of carbonyl (C=O) groups excluding carboxylic acids is 5. The fourth-order valence-electron chi connectivity index (χ4n) is 8.75. The van der Waals surface area contributed by atoms with Gasteiger partial charge in [-0.1, -0.05) is 60.7 Å². The predicted molar refractivity (Wildman–Crippen MR) is 359 cm³/mol. The number of ether oxygens (including phenoxy) is 7. The minimum Gasteiger partial charge on any atom is -0.491 e. The van der Waals surface area contributed by atoms with Crippen molar-refractivity contribution in [3.05, 3.63) is 200 Å². The van der Waals surface area contributed by atoms with Crippen molar-refractivity contribution in [1.29, 1.82) is 0 Å². The molecule has 0 radical (unpaired) electrons. The maximum absolute atomic E-state index is 13.0. The number of ketones is 1. The number of rotatable bonds is 15.